The Morgan fingerprint density at radius 3 is 2.32 bits per heavy atom. The minimum Gasteiger partial charge on any atom is -0.544 e. The first-order chi connectivity index (χ1) is 18.2. The zero-order valence-electron chi connectivity index (χ0n) is 23.9. The summed E-state index contributed by atoms with van der Waals surface area (Å²) in [5.41, 5.74) is 2.28. The molecule has 0 spiro atoms. The van der Waals surface area contributed by atoms with E-state index in [9.17, 15) is 0 Å². The lowest BCUT2D eigenvalue weighted by Gasteiger charge is -2.36. The molecule has 210 valence electrons. The topological polar surface area (TPSA) is 55.4 Å². The van der Waals surface area contributed by atoms with Crippen molar-refractivity contribution in [3.05, 3.63) is 59.7 Å². The van der Waals surface area contributed by atoms with Crippen LogP contribution in [0.3, 0.4) is 0 Å². The van der Waals surface area contributed by atoms with E-state index < -0.39 is 8.32 Å². The normalized spacial score (nSPS) is 22.4. The Hall–Kier alpha value is -1.90. The van der Waals surface area contributed by atoms with Crippen LogP contribution >= 0.6 is 0 Å². The molecule has 0 N–H and O–H groups in total. The molecule has 0 aromatic heterocycles. The fourth-order valence-corrected chi connectivity index (χ4v) is 5.35. The maximum absolute atomic E-state index is 6.39. The van der Waals surface area contributed by atoms with Gasteiger partial charge in [-0.2, -0.15) is 0 Å². The van der Waals surface area contributed by atoms with Crippen molar-refractivity contribution in [3.8, 4) is 11.5 Å². The minimum atomic E-state index is -1.85. The number of hydrogen-bond acceptors (Lipinski definition) is 6. The Morgan fingerprint density at radius 1 is 0.895 bits per heavy atom. The van der Waals surface area contributed by atoms with Crippen molar-refractivity contribution in [1.29, 1.82) is 0 Å². The van der Waals surface area contributed by atoms with Crippen molar-refractivity contribution in [2.75, 3.05) is 26.4 Å². The van der Waals surface area contributed by atoms with Crippen LogP contribution in [0.5, 0.6) is 11.5 Å². The lowest BCUT2D eigenvalue weighted by atomic mass is 10.1. The molecule has 0 saturated carbocycles. The highest BCUT2D eigenvalue weighted by atomic mass is 28.4. The van der Waals surface area contributed by atoms with E-state index in [0.717, 1.165) is 55.8 Å². The summed E-state index contributed by atoms with van der Waals surface area (Å²) in [5, 5.41) is 0.170. The summed E-state index contributed by atoms with van der Waals surface area (Å²) in [7, 11) is -1.85. The molecular weight excluding hydrogens is 496 g/mol. The molecule has 2 aromatic carbocycles. The zero-order chi connectivity index (χ0) is 27.0. The van der Waals surface area contributed by atoms with Gasteiger partial charge in [0.25, 0.3) is 0 Å². The van der Waals surface area contributed by atoms with Crippen molar-refractivity contribution in [2.45, 2.75) is 96.1 Å². The Kier molecular flexibility index (Phi) is 10.3. The molecule has 3 unspecified atom stereocenters. The van der Waals surface area contributed by atoms with E-state index in [1.54, 1.807) is 0 Å². The predicted octanol–water partition coefficient (Wildman–Crippen LogP) is 7.43. The van der Waals surface area contributed by atoms with Crippen LogP contribution in [-0.2, 0) is 25.4 Å². The Bertz CT molecular complexity index is 963. The Labute approximate surface area is 230 Å². The standard InChI is InChI=1S/C31H46O6Si/c1-31(2,3)38(4,5)37-27-17-13-25(14-18-27)30-35-23-28(36-30)9-8-21-32-26-15-11-24(12-16-26)19-22-34-29-10-6-7-20-33-29/h11-18,28-30H,6-10,19-23H2,1-5H3. The number of hydrogen-bond donors (Lipinski definition) is 0. The van der Waals surface area contributed by atoms with E-state index in [1.807, 2.05) is 24.3 Å². The van der Waals surface area contributed by atoms with Gasteiger partial charge in [-0.15, -0.1) is 0 Å². The molecule has 2 aromatic rings. The molecule has 0 radical (unpaired) electrons. The second-order valence-corrected chi connectivity index (χ2v) is 16.6. The van der Waals surface area contributed by atoms with Gasteiger partial charge in [0.1, 0.15) is 11.5 Å². The van der Waals surface area contributed by atoms with Crippen molar-refractivity contribution in [3.63, 3.8) is 0 Å². The van der Waals surface area contributed by atoms with E-state index in [1.165, 1.54) is 12.0 Å². The third-order valence-electron chi connectivity index (χ3n) is 7.78. The van der Waals surface area contributed by atoms with Crippen LogP contribution in [0.25, 0.3) is 0 Å². The first-order valence-corrected chi connectivity index (χ1v) is 17.1. The van der Waals surface area contributed by atoms with Gasteiger partial charge in [0.15, 0.2) is 12.6 Å². The van der Waals surface area contributed by atoms with Gasteiger partial charge in [0, 0.05) is 12.2 Å². The van der Waals surface area contributed by atoms with E-state index in [4.69, 9.17) is 28.1 Å². The van der Waals surface area contributed by atoms with E-state index in [0.29, 0.717) is 19.8 Å². The maximum Gasteiger partial charge on any atom is 0.250 e. The zero-order valence-corrected chi connectivity index (χ0v) is 24.9. The third kappa shape index (κ3) is 8.55. The van der Waals surface area contributed by atoms with Crippen LogP contribution in [0.4, 0.5) is 0 Å². The van der Waals surface area contributed by atoms with Crippen LogP contribution in [-0.4, -0.2) is 47.1 Å². The molecule has 0 amide bonds. The van der Waals surface area contributed by atoms with Crippen LogP contribution in [0.1, 0.15) is 70.3 Å². The lowest BCUT2D eigenvalue weighted by Crippen LogP contribution is -2.43. The van der Waals surface area contributed by atoms with Crippen molar-refractivity contribution < 1.29 is 28.1 Å². The van der Waals surface area contributed by atoms with Crippen LogP contribution in [0.2, 0.25) is 18.1 Å². The van der Waals surface area contributed by atoms with Gasteiger partial charge in [0.2, 0.25) is 8.32 Å². The molecule has 0 bridgehead atoms. The minimum absolute atomic E-state index is 0.0246. The lowest BCUT2D eigenvalue weighted by molar-refractivity contribution is -0.161. The van der Waals surface area contributed by atoms with Crippen LogP contribution in [0, 0.1) is 0 Å². The molecule has 2 aliphatic rings. The molecule has 2 heterocycles. The van der Waals surface area contributed by atoms with Gasteiger partial charge in [0.05, 0.1) is 25.9 Å². The first kappa shape index (κ1) is 29.1. The van der Waals surface area contributed by atoms with Gasteiger partial charge in [-0.1, -0.05) is 45.0 Å². The maximum atomic E-state index is 6.39. The van der Waals surface area contributed by atoms with Gasteiger partial charge < -0.3 is 28.1 Å². The Balaban J connectivity index is 1.11. The van der Waals surface area contributed by atoms with Crippen LogP contribution in [0.15, 0.2) is 48.5 Å². The molecule has 2 aliphatic heterocycles. The average Bonchev–Trinajstić information content (AvgIpc) is 3.37. The van der Waals surface area contributed by atoms with Gasteiger partial charge in [-0.3, -0.25) is 0 Å². The van der Waals surface area contributed by atoms with E-state index >= 15 is 0 Å². The van der Waals surface area contributed by atoms with Gasteiger partial charge in [-0.25, -0.2) is 0 Å². The quantitative estimate of drug-likeness (QED) is 0.205. The van der Waals surface area contributed by atoms with E-state index in [2.05, 4.69) is 58.1 Å². The monoisotopic (exact) mass is 542 g/mol. The molecule has 7 heteroatoms. The largest absolute Gasteiger partial charge is 0.544 e. The summed E-state index contributed by atoms with van der Waals surface area (Å²) >= 11 is 0. The van der Waals surface area contributed by atoms with Gasteiger partial charge in [-0.05, 0) is 86.5 Å². The molecule has 0 aliphatic carbocycles. The fourth-order valence-electron chi connectivity index (χ4n) is 4.32. The molecule has 2 saturated heterocycles. The summed E-state index contributed by atoms with van der Waals surface area (Å²) < 4.78 is 35.9. The highest BCUT2D eigenvalue weighted by molar-refractivity contribution is 6.74. The van der Waals surface area contributed by atoms with Crippen molar-refractivity contribution in [2.24, 2.45) is 0 Å². The van der Waals surface area contributed by atoms with Crippen molar-refractivity contribution in [1.82, 2.24) is 0 Å². The van der Waals surface area contributed by atoms with Crippen LogP contribution < -0.4 is 9.16 Å². The first-order valence-electron chi connectivity index (χ1n) is 14.2. The summed E-state index contributed by atoms with van der Waals surface area (Å²) in [6.45, 7) is 14.0. The van der Waals surface area contributed by atoms with E-state index in [-0.39, 0.29) is 23.7 Å². The smallest absolute Gasteiger partial charge is 0.250 e. The SMILES string of the molecule is CC(C)(C)[Si](C)(C)Oc1ccc(C2OCC(CCCOc3ccc(CCOC4CCCCO4)cc3)O2)cc1. The number of rotatable bonds is 12. The highest BCUT2D eigenvalue weighted by Crippen LogP contribution is 2.38. The molecule has 2 fully saturated rings. The fraction of sp³-hybridized carbons (Fsp3) is 0.613. The summed E-state index contributed by atoms with van der Waals surface area (Å²) in [6.07, 6.45) is 5.79. The van der Waals surface area contributed by atoms with Gasteiger partial charge >= 0.3 is 0 Å². The molecular formula is C31H46O6Si. The second kappa shape index (κ2) is 13.4. The Morgan fingerprint density at radius 2 is 1.63 bits per heavy atom. The average molecular weight is 543 g/mol. The number of ether oxygens (including phenoxy) is 5. The van der Waals surface area contributed by atoms with Crippen molar-refractivity contribution >= 4 is 8.32 Å². The predicted molar refractivity (Wildman–Crippen MR) is 152 cm³/mol. The molecule has 6 nitrogen and oxygen atoms in total. The number of benzene rings is 2. The summed E-state index contributed by atoms with van der Waals surface area (Å²) in [6, 6.07) is 16.5. The summed E-state index contributed by atoms with van der Waals surface area (Å²) in [5.74, 6) is 1.81. The highest BCUT2D eigenvalue weighted by Gasteiger charge is 2.39. The molecule has 4 rings (SSSR count). The summed E-state index contributed by atoms with van der Waals surface area (Å²) in [4.78, 5) is 0. The second-order valence-electron chi connectivity index (χ2n) is 11.9. The third-order valence-corrected chi connectivity index (χ3v) is 12.1. The molecule has 3 atom stereocenters. The molecule has 38 heavy (non-hydrogen) atoms.